The van der Waals surface area contributed by atoms with E-state index in [-0.39, 0.29) is 87.8 Å². The molecule has 1 aliphatic carbocycles. The monoisotopic (exact) mass is 1210 g/mol. The third-order valence-electron chi connectivity index (χ3n) is 14.6. The first-order valence-corrected chi connectivity index (χ1v) is 28.2. The second-order valence-corrected chi connectivity index (χ2v) is 21.9. The SMILES string of the molecule is CC(C)(COCCCCCOCc1ccc(Cn2cc(C(=O)NCCC#Cc3ccc(OCc4ccc(F)c(C(F)(F)F)c4)c(CNCCO)c3)cn2)nn1)c1cc2cc(NC(=O)C3(c4ccc5c(c4)OC(F)(F)O5)CC3)c(F)cc2n1C[C@@H](O)CO. The standard InChI is InChI=1S/C62H65F7N8O10/c1-59(2,56-27-41-26-51(50(64)29-52(41)77(56)34-47(80)35-79)73-58(82)60(17-18-60)44-11-16-54-55(28-44)87-62(68,69)86-54)38-84-23-7-3-6-22-83-37-46-13-12-45(74-75-46)33-76-32-43(31-72-76)57(81)71-19-5-4-8-39-10-15-53(42(24-39)30-70-20-21-78)85-36-40-9-14-49(63)48(25-40)61(65,66)67/h9-16,24-29,31-32,47,70,78-80H,3,5-7,17-23,30,33-38H2,1-2H3,(H,71,81)(H,73,82)/t47-/m1/s1. The van der Waals surface area contributed by atoms with Gasteiger partial charge in [0.2, 0.25) is 5.91 Å². The van der Waals surface area contributed by atoms with E-state index in [2.05, 4.69) is 52.6 Å². The van der Waals surface area contributed by atoms with Crippen LogP contribution in [0.15, 0.2) is 97.3 Å². The Morgan fingerprint density at radius 3 is 2.37 bits per heavy atom. The molecule has 0 spiro atoms. The Hall–Kier alpha value is -8.12. The van der Waals surface area contributed by atoms with Crippen LogP contribution in [0.5, 0.6) is 17.2 Å². The van der Waals surface area contributed by atoms with Crippen LogP contribution in [0.25, 0.3) is 10.9 Å². The molecule has 3 aromatic heterocycles. The summed E-state index contributed by atoms with van der Waals surface area (Å²) < 4.78 is 127. The van der Waals surface area contributed by atoms with Crippen LogP contribution >= 0.6 is 0 Å². The molecule has 1 aliphatic heterocycles. The van der Waals surface area contributed by atoms with Crippen molar-refractivity contribution < 1.29 is 79.3 Å². The number of aliphatic hydroxyl groups excluding tert-OH is 3. The lowest BCUT2D eigenvalue weighted by molar-refractivity contribution is -0.286. The number of aliphatic hydroxyl groups is 3. The molecule has 6 N–H and O–H groups in total. The number of unbranched alkanes of at least 4 members (excludes halogenated alkanes) is 2. The summed E-state index contributed by atoms with van der Waals surface area (Å²) in [6.45, 7) is 5.52. The number of fused-ring (bicyclic) bond motifs is 2. The van der Waals surface area contributed by atoms with Gasteiger partial charge in [-0.15, -0.1) is 8.78 Å². The van der Waals surface area contributed by atoms with Gasteiger partial charge >= 0.3 is 12.5 Å². The average molecular weight is 1220 g/mol. The van der Waals surface area contributed by atoms with Crippen LogP contribution in [-0.4, -0.2) is 110 Å². The van der Waals surface area contributed by atoms with Crippen LogP contribution in [0.3, 0.4) is 0 Å². The van der Waals surface area contributed by atoms with E-state index in [1.807, 2.05) is 26.0 Å². The van der Waals surface area contributed by atoms with Gasteiger partial charge in [-0.05, 0) is 110 Å². The van der Waals surface area contributed by atoms with E-state index in [1.54, 1.807) is 39.7 Å². The second-order valence-electron chi connectivity index (χ2n) is 21.9. The fraction of sp³-hybridized carbons (Fsp3) is 0.403. The summed E-state index contributed by atoms with van der Waals surface area (Å²) in [6, 6.07) is 20.2. The van der Waals surface area contributed by atoms with E-state index in [1.165, 1.54) is 42.6 Å². The maximum absolute atomic E-state index is 15.9. The first-order valence-electron chi connectivity index (χ1n) is 28.2. The molecule has 9 rings (SSSR count). The minimum Gasteiger partial charge on any atom is -0.489 e. The second kappa shape index (κ2) is 27.7. The highest BCUT2D eigenvalue weighted by molar-refractivity contribution is 6.03. The molecule has 0 unspecified atom stereocenters. The maximum atomic E-state index is 15.9. The number of hydrogen-bond acceptors (Lipinski definition) is 14. The highest BCUT2D eigenvalue weighted by Gasteiger charge is 2.53. The van der Waals surface area contributed by atoms with Crippen molar-refractivity contribution in [3.63, 3.8) is 0 Å². The number of rotatable bonds is 29. The van der Waals surface area contributed by atoms with E-state index < -0.39 is 59.1 Å². The molecule has 1 saturated carbocycles. The van der Waals surface area contributed by atoms with Crippen molar-refractivity contribution in [2.45, 2.75) is 115 Å². The summed E-state index contributed by atoms with van der Waals surface area (Å²) in [7, 11) is 0. The van der Waals surface area contributed by atoms with E-state index in [0.717, 1.165) is 25.3 Å². The predicted molar refractivity (Wildman–Crippen MR) is 303 cm³/mol. The number of nitrogens with zero attached hydrogens (tertiary/aromatic N) is 5. The molecule has 462 valence electrons. The summed E-state index contributed by atoms with van der Waals surface area (Å²) in [4.78, 5) is 26.6. The van der Waals surface area contributed by atoms with Crippen LogP contribution in [0, 0.1) is 23.5 Å². The third-order valence-corrected chi connectivity index (χ3v) is 14.6. The van der Waals surface area contributed by atoms with Gasteiger partial charge < -0.3 is 59.5 Å². The van der Waals surface area contributed by atoms with Crippen molar-refractivity contribution in [3.05, 3.63) is 159 Å². The number of nitrogens with one attached hydrogen (secondary N) is 3. The molecular weight excluding hydrogens is 1150 g/mol. The Bertz CT molecular complexity index is 3620. The molecule has 0 saturated heterocycles. The molecule has 4 aromatic carbocycles. The van der Waals surface area contributed by atoms with Gasteiger partial charge in [0.25, 0.3) is 5.91 Å². The molecular formula is C62H65F7N8O10. The summed E-state index contributed by atoms with van der Waals surface area (Å²) in [6.07, 6.45) is -3.29. The average Bonchev–Trinajstić information content (AvgIpc) is 1.76. The quantitative estimate of drug-likeness (QED) is 0.0146. The molecule has 2 amide bonds. The first-order chi connectivity index (χ1) is 41.6. The molecule has 87 heavy (non-hydrogen) atoms. The van der Waals surface area contributed by atoms with E-state index in [4.69, 9.17) is 14.2 Å². The largest absolute Gasteiger partial charge is 0.586 e. The zero-order chi connectivity index (χ0) is 61.9. The summed E-state index contributed by atoms with van der Waals surface area (Å²) in [5.41, 5.74) is 1.40. The lowest BCUT2D eigenvalue weighted by Crippen LogP contribution is -2.30. The van der Waals surface area contributed by atoms with Crippen molar-refractivity contribution in [2.75, 3.05) is 51.4 Å². The fourth-order valence-corrected chi connectivity index (χ4v) is 9.90. The van der Waals surface area contributed by atoms with E-state index in [0.29, 0.717) is 94.5 Å². The fourth-order valence-electron chi connectivity index (χ4n) is 9.90. The van der Waals surface area contributed by atoms with E-state index >= 15 is 4.39 Å². The van der Waals surface area contributed by atoms with Gasteiger partial charge in [0.15, 0.2) is 11.5 Å². The minimum absolute atomic E-state index is 0.0320. The Labute approximate surface area is 495 Å². The molecule has 7 aromatic rings. The van der Waals surface area contributed by atoms with Crippen LogP contribution in [-0.2, 0) is 64.1 Å². The highest BCUT2D eigenvalue weighted by atomic mass is 19.4. The Morgan fingerprint density at radius 1 is 0.851 bits per heavy atom. The molecule has 4 heterocycles. The lowest BCUT2D eigenvalue weighted by atomic mass is 9.90. The molecule has 1 fully saturated rings. The lowest BCUT2D eigenvalue weighted by Gasteiger charge is -2.27. The third kappa shape index (κ3) is 16.3. The minimum atomic E-state index is -4.85. The zero-order valence-corrected chi connectivity index (χ0v) is 47.6. The summed E-state index contributed by atoms with van der Waals surface area (Å²) in [5.74, 6) is 3.14. The number of benzene rings is 4. The van der Waals surface area contributed by atoms with Gasteiger partial charge in [-0.3, -0.25) is 14.3 Å². The van der Waals surface area contributed by atoms with Gasteiger partial charge in [0.05, 0.1) is 91.0 Å². The van der Waals surface area contributed by atoms with Crippen molar-refractivity contribution in [1.82, 2.24) is 35.2 Å². The number of carbonyl (C=O) groups is 2. The number of hydrogen-bond donors (Lipinski definition) is 6. The van der Waals surface area contributed by atoms with Crippen molar-refractivity contribution in [3.8, 4) is 29.1 Å². The first kappa shape index (κ1) is 63.4. The molecule has 25 heteroatoms. The zero-order valence-electron chi connectivity index (χ0n) is 47.6. The molecule has 2 aliphatic rings. The van der Waals surface area contributed by atoms with Crippen LogP contribution in [0.2, 0.25) is 0 Å². The normalized spacial score (nSPS) is 14.4. The van der Waals surface area contributed by atoms with Crippen LogP contribution in [0.4, 0.5) is 36.4 Å². The van der Waals surface area contributed by atoms with Crippen molar-refractivity contribution in [1.29, 1.82) is 0 Å². The number of alkyl halides is 5. The van der Waals surface area contributed by atoms with Crippen LogP contribution < -0.4 is 30.2 Å². The van der Waals surface area contributed by atoms with Gasteiger partial charge in [0.1, 0.15) is 24.0 Å². The molecule has 0 bridgehead atoms. The van der Waals surface area contributed by atoms with Gasteiger partial charge in [-0.1, -0.05) is 37.8 Å². The number of halogens is 7. The van der Waals surface area contributed by atoms with Crippen molar-refractivity contribution in [2.24, 2.45) is 0 Å². The molecule has 18 nitrogen and oxygen atoms in total. The number of aromatic nitrogens is 5. The Kier molecular flexibility index (Phi) is 20.2. The number of carbonyl (C=O) groups excluding carboxylic acids is 2. The number of anilines is 1. The highest BCUT2D eigenvalue weighted by Crippen LogP contribution is 2.52. The Balaban J connectivity index is 0.672. The number of amides is 2. The van der Waals surface area contributed by atoms with E-state index in [9.17, 15) is 51.3 Å². The van der Waals surface area contributed by atoms with Crippen molar-refractivity contribution >= 4 is 28.4 Å². The molecule has 0 radical (unpaired) electrons. The Morgan fingerprint density at radius 2 is 1.62 bits per heavy atom. The smallest absolute Gasteiger partial charge is 0.489 e. The van der Waals surface area contributed by atoms with Crippen LogP contribution in [0.1, 0.15) is 108 Å². The topological polar surface area (TPSA) is 226 Å². The predicted octanol–water partition coefficient (Wildman–Crippen LogP) is 8.83. The molecule has 1 atom stereocenters. The van der Waals surface area contributed by atoms with Gasteiger partial charge in [0, 0.05) is 79.2 Å². The van der Waals surface area contributed by atoms with Gasteiger partial charge in [-0.2, -0.15) is 28.5 Å². The summed E-state index contributed by atoms with van der Waals surface area (Å²) >= 11 is 0. The summed E-state index contributed by atoms with van der Waals surface area (Å²) in [5, 5.41) is 51.5. The number of ether oxygens (including phenoxy) is 5. The maximum Gasteiger partial charge on any atom is 0.586 e. The van der Waals surface area contributed by atoms with Gasteiger partial charge in [-0.25, -0.2) is 8.78 Å².